The molecule has 1 aromatic rings. The number of esters is 2. The number of hydrogen-bond acceptors (Lipinski definition) is 8. The Morgan fingerprint density at radius 2 is 1.70 bits per heavy atom. The average Bonchev–Trinajstić information content (AvgIpc) is 3.49. The second-order valence-electron chi connectivity index (χ2n) is 15.8. The van der Waals surface area contributed by atoms with E-state index in [9.17, 15) is 9.59 Å². The average molecular weight is 649 g/mol. The Labute approximate surface area is 279 Å². The Balaban J connectivity index is 1.29. The summed E-state index contributed by atoms with van der Waals surface area (Å²) in [7, 11) is 0. The standard InChI is InChI=1S/C39H52O8/c1-25(2)15-18-39(42-21-10-22-43-39)26(3)37-19-20-38(47-46-37)31-14-13-29-23-30(44-27(4)40)16-17-35(29,5)32(31)24-33(36(37,38)6)45-34(41)28-11-8-7-9-12-28/h7-9,11-12,19-20,26,29-33H,1,10,13-18,21-24H2,2-6H3/t26-,29-,30-,31+,32-,33+,35-,36+,37-,38+/m0/s1. The fourth-order valence-electron chi connectivity index (χ4n) is 11.0. The van der Waals surface area contributed by atoms with E-state index >= 15 is 0 Å². The molecule has 0 unspecified atom stereocenters. The van der Waals surface area contributed by atoms with Crippen LogP contribution in [-0.2, 0) is 33.5 Å². The molecule has 0 spiro atoms. The highest BCUT2D eigenvalue weighted by molar-refractivity contribution is 5.89. The molecule has 47 heavy (non-hydrogen) atoms. The Bertz CT molecular complexity index is 1420. The van der Waals surface area contributed by atoms with E-state index in [4.69, 9.17) is 28.7 Å². The highest BCUT2D eigenvalue weighted by Gasteiger charge is 2.83. The van der Waals surface area contributed by atoms with E-state index in [1.807, 2.05) is 37.3 Å². The van der Waals surface area contributed by atoms with Crippen LogP contribution in [0.15, 0.2) is 54.6 Å². The molecule has 8 heteroatoms. The highest BCUT2D eigenvalue weighted by Crippen LogP contribution is 2.75. The first-order valence-electron chi connectivity index (χ1n) is 17.8. The van der Waals surface area contributed by atoms with Crippen molar-refractivity contribution < 1.29 is 38.3 Å². The molecule has 6 aliphatic rings. The van der Waals surface area contributed by atoms with Crippen molar-refractivity contribution in [3.05, 3.63) is 60.2 Å². The smallest absolute Gasteiger partial charge is 0.338 e. The van der Waals surface area contributed by atoms with Crippen molar-refractivity contribution in [2.75, 3.05) is 13.2 Å². The molecule has 3 saturated carbocycles. The molecule has 7 rings (SSSR count). The Hall–Kier alpha value is -2.52. The summed E-state index contributed by atoms with van der Waals surface area (Å²) in [6.45, 7) is 15.7. The monoisotopic (exact) mass is 648 g/mol. The third kappa shape index (κ3) is 4.83. The number of carbonyl (C=O) groups excluding carboxylic acids is 2. The maximum Gasteiger partial charge on any atom is 0.338 e. The van der Waals surface area contributed by atoms with E-state index < -0.39 is 28.5 Å². The van der Waals surface area contributed by atoms with Crippen molar-refractivity contribution in [2.24, 2.45) is 34.5 Å². The van der Waals surface area contributed by atoms with E-state index in [1.54, 1.807) is 0 Å². The summed E-state index contributed by atoms with van der Waals surface area (Å²) in [5.74, 6) is -0.941. The first kappa shape index (κ1) is 33.0. The van der Waals surface area contributed by atoms with Gasteiger partial charge in [-0.2, -0.15) is 0 Å². The number of fused-ring (bicyclic) bond motifs is 3. The predicted octanol–water partition coefficient (Wildman–Crippen LogP) is 7.52. The van der Waals surface area contributed by atoms with Gasteiger partial charge in [0.05, 0.1) is 24.2 Å². The lowest BCUT2D eigenvalue weighted by Gasteiger charge is -2.64. The van der Waals surface area contributed by atoms with Gasteiger partial charge >= 0.3 is 11.9 Å². The fraction of sp³-hybridized carbons (Fsp3) is 0.692. The number of carbonyl (C=O) groups is 2. The molecule has 0 radical (unpaired) electrons. The number of benzene rings is 1. The summed E-state index contributed by atoms with van der Waals surface area (Å²) in [4.78, 5) is 39.2. The molecule has 256 valence electrons. The molecule has 4 aliphatic carbocycles. The van der Waals surface area contributed by atoms with Crippen LogP contribution in [0, 0.1) is 34.5 Å². The third-order valence-electron chi connectivity index (χ3n) is 13.6. The molecule has 10 atom stereocenters. The minimum Gasteiger partial charge on any atom is -0.463 e. The first-order chi connectivity index (χ1) is 22.4. The van der Waals surface area contributed by atoms with Gasteiger partial charge in [0.1, 0.15) is 23.4 Å². The molecular weight excluding hydrogens is 596 g/mol. The molecule has 0 aromatic heterocycles. The van der Waals surface area contributed by atoms with Gasteiger partial charge in [-0.25, -0.2) is 14.6 Å². The van der Waals surface area contributed by atoms with Crippen LogP contribution in [0.3, 0.4) is 0 Å². The maximum atomic E-state index is 13.9. The van der Waals surface area contributed by atoms with Gasteiger partial charge in [-0.3, -0.25) is 4.79 Å². The van der Waals surface area contributed by atoms with Gasteiger partial charge in [-0.15, -0.1) is 6.58 Å². The van der Waals surface area contributed by atoms with Crippen molar-refractivity contribution in [1.29, 1.82) is 0 Å². The molecular formula is C39H52O8. The summed E-state index contributed by atoms with van der Waals surface area (Å²) in [5, 5.41) is 0. The van der Waals surface area contributed by atoms with E-state index in [0.717, 1.165) is 50.5 Å². The zero-order valence-corrected chi connectivity index (χ0v) is 28.8. The molecule has 8 nitrogen and oxygen atoms in total. The van der Waals surface area contributed by atoms with Crippen LogP contribution >= 0.6 is 0 Å². The maximum absolute atomic E-state index is 13.9. The van der Waals surface area contributed by atoms with Crippen LogP contribution in [0.1, 0.15) is 103 Å². The minimum absolute atomic E-state index is 0.0258. The second-order valence-corrected chi connectivity index (χ2v) is 15.8. The normalized spacial score (nSPS) is 42.0. The van der Waals surface area contributed by atoms with Crippen LogP contribution < -0.4 is 0 Å². The number of ether oxygens (including phenoxy) is 4. The Kier molecular flexibility index (Phi) is 8.30. The van der Waals surface area contributed by atoms with Crippen molar-refractivity contribution in [2.45, 2.75) is 122 Å². The summed E-state index contributed by atoms with van der Waals surface area (Å²) in [6.07, 6.45) is 11.5. The fourth-order valence-corrected chi connectivity index (χ4v) is 11.0. The molecule has 0 amide bonds. The van der Waals surface area contributed by atoms with Gasteiger partial charge in [-0.1, -0.05) is 37.6 Å². The minimum atomic E-state index is -0.962. The molecule has 5 fully saturated rings. The van der Waals surface area contributed by atoms with E-state index in [1.165, 1.54) is 6.92 Å². The summed E-state index contributed by atoms with van der Waals surface area (Å²) in [5.41, 5.74) is -0.929. The lowest BCUT2D eigenvalue weighted by molar-refractivity contribution is -0.385. The molecule has 2 heterocycles. The summed E-state index contributed by atoms with van der Waals surface area (Å²) >= 11 is 0. The molecule has 2 aliphatic heterocycles. The van der Waals surface area contributed by atoms with Gasteiger partial charge < -0.3 is 18.9 Å². The van der Waals surface area contributed by atoms with Crippen LogP contribution in [0.25, 0.3) is 0 Å². The largest absolute Gasteiger partial charge is 0.463 e. The second kappa shape index (κ2) is 11.8. The lowest BCUT2D eigenvalue weighted by atomic mass is 9.41. The zero-order valence-electron chi connectivity index (χ0n) is 28.8. The highest BCUT2D eigenvalue weighted by atomic mass is 17.2. The van der Waals surface area contributed by atoms with Crippen molar-refractivity contribution in [3.8, 4) is 0 Å². The van der Waals surface area contributed by atoms with Gasteiger partial charge in [0.25, 0.3) is 0 Å². The number of hydrogen-bond donors (Lipinski definition) is 0. The number of rotatable bonds is 8. The first-order valence-corrected chi connectivity index (χ1v) is 17.8. The van der Waals surface area contributed by atoms with Gasteiger partial charge in [0.2, 0.25) is 0 Å². The zero-order chi connectivity index (χ0) is 33.2. The van der Waals surface area contributed by atoms with E-state index in [0.29, 0.717) is 37.5 Å². The molecule has 1 aromatic carbocycles. The van der Waals surface area contributed by atoms with Crippen LogP contribution in [0.5, 0.6) is 0 Å². The van der Waals surface area contributed by atoms with Crippen LogP contribution in [-0.4, -0.2) is 54.3 Å². The molecule has 2 bridgehead atoms. The van der Waals surface area contributed by atoms with Crippen LogP contribution in [0.2, 0.25) is 0 Å². The Morgan fingerprint density at radius 1 is 0.957 bits per heavy atom. The van der Waals surface area contributed by atoms with Crippen molar-refractivity contribution in [1.82, 2.24) is 0 Å². The van der Waals surface area contributed by atoms with Crippen molar-refractivity contribution >= 4 is 11.9 Å². The Morgan fingerprint density at radius 3 is 2.36 bits per heavy atom. The number of allylic oxidation sites excluding steroid dienone is 1. The predicted molar refractivity (Wildman–Crippen MR) is 175 cm³/mol. The van der Waals surface area contributed by atoms with Gasteiger partial charge in [0.15, 0.2) is 5.79 Å². The van der Waals surface area contributed by atoms with Crippen LogP contribution in [0.4, 0.5) is 0 Å². The van der Waals surface area contributed by atoms with E-state index in [2.05, 4.69) is 39.5 Å². The third-order valence-corrected chi connectivity index (χ3v) is 13.6. The topological polar surface area (TPSA) is 89.5 Å². The summed E-state index contributed by atoms with van der Waals surface area (Å²) < 4.78 is 25.6. The van der Waals surface area contributed by atoms with Crippen molar-refractivity contribution in [3.63, 3.8) is 0 Å². The van der Waals surface area contributed by atoms with Gasteiger partial charge in [0, 0.05) is 19.3 Å². The summed E-state index contributed by atoms with van der Waals surface area (Å²) in [6, 6.07) is 9.25. The molecule has 0 N–H and O–H groups in total. The molecule has 2 saturated heterocycles. The van der Waals surface area contributed by atoms with E-state index in [-0.39, 0.29) is 41.2 Å². The lowest BCUT2D eigenvalue weighted by Crippen LogP contribution is -2.70. The SMILES string of the molecule is C=C(C)CCC1([C@@H](C)[C@]23C=C[C@@]4(OO2)[C@@H]2CC[C@H]5C[C@@H](OC(C)=O)CC[C@]5(C)[C@H]2C[C@@H](OC(=O)c2ccccc2)[C@]34C)OCCCO1. The quantitative estimate of drug-likeness (QED) is 0.163. The van der Waals surface area contributed by atoms with Gasteiger partial charge in [-0.05, 0) is 113 Å².